The Morgan fingerprint density at radius 2 is 1.73 bits per heavy atom. The van der Waals surface area contributed by atoms with Gasteiger partial charge in [-0.25, -0.2) is 4.79 Å². The summed E-state index contributed by atoms with van der Waals surface area (Å²) < 4.78 is 5.18. The Morgan fingerprint density at radius 1 is 1.03 bits per heavy atom. The summed E-state index contributed by atoms with van der Waals surface area (Å²) in [5.74, 6) is -2.94. The summed E-state index contributed by atoms with van der Waals surface area (Å²) in [4.78, 5) is 59.7. The smallest absolute Gasteiger partial charge is 0.336 e. The van der Waals surface area contributed by atoms with E-state index < -0.39 is 41.4 Å². The number of anilines is 1. The Morgan fingerprint density at radius 3 is 2.36 bits per heavy atom. The van der Waals surface area contributed by atoms with Crippen LogP contribution in [0.2, 0.25) is 0 Å². The Hall–Kier alpha value is -3.69. The average molecular weight is 459 g/mol. The van der Waals surface area contributed by atoms with Gasteiger partial charge in [0, 0.05) is 29.6 Å². The zero-order valence-electron chi connectivity index (χ0n) is 19.1. The number of amides is 3. The monoisotopic (exact) mass is 459 g/mol. The first-order valence-corrected chi connectivity index (χ1v) is 10.7. The molecule has 3 amide bonds. The highest BCUT2D eigenvalue weighted by Gasteiger charge is 2.28. The quantitative estimate of drug-likeness (QED) is 0.396. The lowest BCUT2D eigenvalue weighted by molar-refractivity contribution is -0.139. The first-order chi connectivity index (χ1) is 15.5. The number of nitrogens with one attached hydrogen (secondary N) is 3. The lowest BCUT2D eigenvalue weighted by atomic mass is 9.97. The van der Waals surface area contributed by atoms with Gasteiger partial charge >= 0.3 is 11.6 Å². The van der Waals surface area contributed by atoms with Crippen molar-refractivity contribution in [1.82, 2.24) is 10.6 Å². The molecule has 1 aromatic carbocycles. The zero-order valence-corrected chi connectivity index (χ0v) is 19.1. The van der Waals surface area contributed by atoms with Crippen molar-refractivity contribution in [2.24, 2.45) is 5.92 Å². The molecular formula is C23H29N3O7. The predicted octanol–water partition coefficient (Wildman–Crippen LogP) is 1.94. The second-order valence-corrected chi connectivity index (χ2v) is 8.00. The van der Waals surface area contributed by atoms with Gasteiger partial charge in [0.2, 0.25) is 17.7 Å². The number of carbonyl (C=O) groups is 4. The highest BCUT2D eigenvalue weighted by Crippen LogP contribution is 2.21. The van der Waals surface area contributed by atoms with E-state index in [1.54, 1.807) is 26.0 Å². The van der Waals surface area contributed by atoms with Crippen molar-refractivity contribution in [1.29, 1.82) is 0 Å². The van der Waals surface area contributed by atoms with Gasteiger partial charge in [0.05, 0.1) is 6.42 Å². The van der Waals surface area contributed by atoms with E-state index in [1.807, 2.05) is 6.92 Å². The van der Waals surface area contributed by atoms with Crippen LogP contribution in [0, 0.1) is 12.8 Å². The van der Waals surface area contributed by atoms with Crippen LogP contribution in [0.5, 0.6) is 0 Å². The maximum Gasteiger partial charge on any atom is 0.336 e. The van der Waals surface area contributed by atoms with Gasteiger partial charge in [0.25, 0.3) is 0 Å². The molecule has 10 heteroatoms. The Kier molecular flexibility index (Phi) is 8.72. The molecular weight excluding hydrogens is 430 g/mol. The maximum atomic E-state index is 12.8. The van der Waals surface area contributed by atoms with Gasteiger partial charge in [0.1, 0.15) is 17.7 Å². The van der Waals surface area contributed by atoms with Crippen LogP contribution in [0.3, 0.4) is 0 Å². The van der Waals surface area contributed by atoms with Gasteiger partial charge in [-0.05, 0) is 37.5 Å². The summed E-state index contributed by atoms with van der Waals surface area (Å²) in [6.45, 7) is 6.91. The van der Waals surface area contributed by atoms with Crippen molar-refractivity contribution in [3.05, 3.63) is 40.2 Å². The van der Waals surface area contributed by atoms with Gasteiger partial charge < -0.3 is 25.5 Å². The number of carbonyl (C=O) groups excluding carboxylic acids is 3. The molecule has 0 radical (unpaired) electrons. The second-order valence-electron chi connectivity index (χ2n) is 8.00. The molecule has 2 aromatic rings. The third-order valence-corrected chi connectivity index (χ3v) is 5.35. The molecule has 2 rings (SSSR count). The largest absolute Gasteiger partial charge is 0.481 e. The second kappa shape index (κ2) is 11.3. The molecule has 4 N–H and O–H groups in total. The van der Waals surface area contributed by atoms with E-state index in [-0.39, 0.29) is 18.8 Å². The molecule has 0 spiro atoms. The minimum Gasteiger partial charge on any atom is -0.481 e. The number of hydrogen-bond acceptors (Lipinski definition) is 6. The van der Waals surface area contributed by atoms with Crippen LogP contribution in [0.25, 0.3) is 11.0 Å². The molecule has 0 saturated heterocycles. The molecule has 0 fully saturated rings. The van der Waals surface area contributed by atoms with Gasteiger partial charge in [-0.3, -0.25) is 19.2 Å². The highest BCUT2D eigenvalue weighted by atomic mass is 16.4. The number of aliphatic carboxylic acids is 1. The molecule has 33 heavy (non-hydrogen) atoms. The molecule has 10 nitrogen and oxygen atoms in total. The molecule has 3 atom stereocenters. The first-order valence-electron chi connectivity index (χ1n) is 10.7. The number of benzene rings is 1. The number of aryl methyl sites for hydroxylation is 1. The molecule has 0 aliphatic carbocycles. The summed E-state index contributed by atoms with van der Waals surface area (Å²) in [5, 5.41) is 17.3. The van der Waals surface area contributed by atoms with Crippen LogP contribution in [0.4, 0.5) is 5.69 Å². The Labute approximate surface area is 190 Å². The van der Waals surface area contributed by atoms with Gasteiger partial charge in [-0.1, -0.05) is 20.3 Å². The molecule has 178 valence electrons. The van der Waals surface area contributed by atoms with Crippen molar-refractivity contribution in [2.75, 3.05) is 5.32 Å². The third kappa shape index (κ3) is 7.16. The van der Waals surface area contributed by atoms with Crippen molar-refractivity contribution in [3.8, 4) is 0 Å². The molecule has 0 unspecified atom stereocenters. The predicted molar refractivity (Wildman–Crippen MR) is 122 cm³/mol. The SMILES string of the molecule is CC[C@H](C)[C@H](NC(=O)CCC(=O)O)C(=O)N[C@H](C)C(=O)Nc1ccc2c(C)cc(=O)oc2c1. The summed E-state index contributed by atoms with van der Waals surface area (Å²) in [5.41, 5.74) is 0.977. The van der Waals surface area contributed by atoms with Gasteiger partial charge in [-0.15, -0.1) is 0 Å². The van der Waals surface area contributed by atoms with Crippen LogP contribution in [0.15, 0.2) is 33.5 Å². The zero-order chi connectivity index (χ0) is 24.7. The summed E-state index contributed by atoms with van der Waals surface area (Å²) in [6, 6.07) is 4.45. The minimum atomic E-state index is -1.11. The Balaban J connectivity index is 2.05. The van der Waals surface area contributed by atoms with Gasteiger partial charge in [-0.2, -0.15) is 0 Å². The summed E-state index contributed by atoms with van der Waals surface area (Å²) in [6.07, 6.45) is -0.00632. The van der Waals surface area contributed by atoms with E-state index >= 15 is 0 Å². The number of carboxylic acid groups (broad SMARTS) is 1. The molecule has 0 aliphatic rings. The highest BCUT2D eigenvalue weighted by molar-refractivity contribution is 5.99. The number of carboxylic acids is 1. The first kappa shape index (κ1) is 25.6. The van der Waals surface area contributed by atoms with Crippen LogP contribution in [0.1, 0.15) is 45.6 Å². The number of hydrogen-bond donors (Lipinski definition) is 4. The van der Waals surface area contributed by atoms with Crippen LogP contribution in [-0.4, -0.2) is 40.9 Å². The Bertz CT molecular complexity index is 1110. The molecule has 0 saturated carbocycles. The van der Waals surface area contributed by atoms with E-state index in [9.17, 15) is 24.0 Å². The summed E-state index contributed by atoms with van der Waals surface area (Å²) >= 11 is 0. The fourth-order valence-electron chi connectivity index (χ4n) is 3.19. The average Bonchev–Trinajstić information content (AvgIpc) is 2.74. The van der Waals surface area contributed by atoms with Crippen molar-refractivity contribution in [2.45, 2.75) is 59.0 Å². The van der Waals surface area contributed by atoms with Gasteiger partial charge in [0.15, 0.2) is 0 Å². The van der Waals surface area contributed by atoms with E-state index in [4.69, 9.17) is 9.52 Å². The fraction of sp³-hybridized carbons (Fsp3) is 0.435. The van der Waals surface area contributed by atoms with Crippen molar-refractivity contribution in [3.63, 3.8) is 0 Å². The van der Waals surface area contributed by atoms with Crippen molar-refractivity contribution < 1.29 is 28.7 Å². The minimum absolute atomic E-state index is 0.235. The van der Waals surface area contributed by atoms with E-state index in [2.05, 4.69) is 16.0 Å². The van der Waals surface area contributed by atoms with Crippen LogP contribution < -0.4 is 21.6 Å². The van der Waals surface area contributed by atoms with E-state index in [0.717, 1.165) is 10.9 Å². The normalized spacial score (nSPS) is 13.6. The van der Waals surface area contributed by atoms with Crippen molar-refractivity contribution >= 4 is 40.3 Å². The number of fused-ring (bicyclic) bond motifs is 1. The lowest BCUT2D eigenvalue weighted by Crippen LogP contribution is -2.54. The van der Waals surface area contributed by atoms with Crippen LogP contribution >= 0.6 is 0 Å². The molecule has 0 aliphatic heterocycles. The van der Waals surface area contributed by atoms with E-state index in [1.165, 1.54) is 19.1 Å². The fourth-order valence-corrected chi connectivity index (χ4v) is 3.19. The van der Waals surface area contributed by atoms with Crippen LogP contribution in [-0.2, 0) is 19.2 Å². The topological polar surface area (TPSA) is 155 Å². The standard InChI is InChI=1S/C23H29N3O7/c1-5-12(2)21(26-18(27)8-9-19(28)29)23(32)24-14(4)22(31)25-15-6-7-16-13(3)10-20(30)33-17(16)11-15/h6-7,10-12,14,21H,5,8-9H2,1-4H3,(H,24,32)(H,25,31)(H,26,27)(H,28,29)/t12-,14+,21-/m0/s1. The maximum absolute atomic E-state index is 12.8. The summed E-state index contributed by atoms with van der Waals surface area (Å²) in [7, 11) is 0. The molecule has 1 heterocycles. The molecule has 0 bridgehead atoms. The third-order valence-electron chi connectivity index (χ3n) is 5.35. The number of rotatable bonds is 10. The van der Waals surface area contributed by atoms with E-state index in [0.29, 0.717) is 17.7 Å². The molecule has 1 aromatic heterocycles. The lowest BCUT2D eigenvalue weighted by Gasteiger charge is -2.25.